The van der Waals surface area contributed by atoms with Gasteiger partial charge < -0.3 is 19.9 Å². The van der Waals surface area contributed by atoms with Crippen LogP contribution in [0.3, 0.4) is 0 Å². The maximum atomic E-state index is 12.7. The van der Waals surface area contributed by atoms with Gasteiger partial charge in [-0.2, -0.15) is 13.2 Å². The number of ether oxygens (including phenoxy) is 2. The number of pyridine rings is 1. The van der Waals surface area contributed by atoms with Crippen LogP contribution in [0, 0.1) is 0 Å². The van der Waals surface area contributed by atoms with Crippen LogP contribution in [0.2, 0.25) is 0 Å². The van der Waals surface area contributed by atoms with Crippen molar-refractivity contribution in [1.29, 1.82) is 0 Å². The van der Waals surface area contributed by atoms with Crippen molar-refractivity contribution in [2.75, 3.05) is 46.0 Å². The molecule has 9 nitrogen and oxygen atoms in total. The van der Waals surface area contributed by atoms with Gasteiger partial charge in [-0.25, -0.2) is 15.0 Å². The molecule has 2 atom stereocenters. The molecular formula is C28H40F3N5O4. The lowest BCUT2D eigenvalue weighted by molar-refractivity contribution is -0.145. The van der Waals surface area contributed by atoms with Gasteiger partial charge in [0, 0.05) is 49.4 Å². The van der Waals surface area contributed by atoms with Crippen molar-refractivity contribution in [3.8, 4) is 5.88 Å². The van der Waals surface area contributed by atoms with Crippen LogP contribution in [0.1, 0.15) is 80.8 Å². The summed E-state index contributed by atoms with van der Waals surface area (Å²) in [5.74, 6) is -2.05. The molecule has 2 aromatic rings. The fraction of sp³-hybridized carbons (Fsp3) is 0.643. The van der Waals surface area contributed by atoms with Gasteiger partial charge in [0.05, 0.1) is 19.3 Å². The smallest absolute Gasteiger partial charge is 0.451 e. The molecular weight excluding hydrogens is 527 g/mol. The Balaban J connectivity index is 0.000000302. The van der Waals surface area contributed by atoms with E-state index >= 15 is 0 Å². The summed E-state index contributed by atoms with van der Waals surface area (Å²) in [5.41, 5.74) is 1.38. The van der Waals surface area contributed by atoms with Gasteiger partial charge in [-0.15, -0.1) is 0 Å². The summed E-state index contributed by atoms with van der Waals surface area (Å²) in [5, 5.41) is 12.2. The van der Waals surface area contributed by atoms with Crippen LogP contribution >= 0.6 is 0 Å². The zero-order chi connectivity index (χ0) is 28.8. The largest absolute Gasteiger partial charge is 0.481 e. The quantitative estimate of drug-likeness (QED) is 0.328. The molecule has 0 aromatic carbocycles. The number of unbranched alkanes of at least 4 members (excludes halogenated alkanes) is 6. The third-order valence-corrected chi connectivity index (χ3v) is 6.95. The van der Waals surface area contributed by atoms with Crippen LogP contribution in [-0.4, -0.2) is 76.9 Å². The number of nitrogens with zero attached hydrogens (tertiary/aromatic N) is 4. The van der Waals surface area contributed by atoms with Crippen LogP contribution < -0.4 is 10.1 Å². The van der Waals surface area contributed by atoms with Crippen molar-refractivity contribution in [3.05, 3.63) is 47.7 Å². The number of carbonyl (C=O) groups is 1. The molecule has 0 saturated carbocycles. The first kappa shape index (κ1) is 31.7. The summed E-state index contributed by atoms with van der Waals surface area (Å²) < 4.78 is 48.7. The van der Waals surface area contributed by atoms with Gasteiger partial charge in [-0.3, -0.25) is 9.69 Å². The van der Waals surface area contributed by atoms with Crippen LogP contribution in [0.25, 0.3) is 0 Å². The number of morpholine rings is 1. The Morgan fingerprint density at radius 2 is 1.77 bits per heavy atom. The Morgan fingerprint density at radius 3 is 2.42 bits per heavy atom. The highest BCUT2D eigenvalue weighted by Gasteiger charge is 2.35. The number of nitrogens with one attached hydrogen (secondary N) is 1. The van der Waals surface area contributed by atoms with Gasteiger partial charge in [0.15, 0.2) is 0 Å². The second-order valence-electron chi connectivity index (χ2n) is 9.93. The summed E-state index contributed by atoms with van der Waals surface area (Å²) in [6.07, 6.45) is 8.48. The number of rotatable bonds is 13. The third kappa shape index (κ3) is 9.97. The molecule has 1 fully saturated rings. The number of hydrogen-bond acceptors (Lipinski definition) is 8. The Kier molecular flexibility index (Phi) is 13.0. The lowest BCUT2D eigenvalue weighted by atomic mass is 10.0. The van der Waals surface area contributed by atoms with Gasteiger partial charge in [0.2, 0.25) is 11.7 Å². The van der Waals surface area contributed by atoms with E-state index in [1.165, 1.54) is 50.9 Å². The molecule has 2 N–H and O–H groups in total. The molecule has 0 bridgehead atoms. The first-order chi connectivity index (χ1) is 19.3. The first-order valence-electron chi connectivity index (χ1n) is 14.0. The number of alkyl halides is 3. The Hall–Kier alpha value is -2.83. The van der Waals surface area contributed by atoms with E-state index in [0.717, 1.165) is 26.1 Å². The van der Waals surface area contributed by atoms with Crippen molar-refractivity contribution < 1.29 is 32.5 Å². The predicted molar refractivity (Wildman–Crippen MR) is 143 cm³/mol. The second kappa shape index (κ2) is 16.4. The number of aliphatic carboxylic acids is 1. The van der Waals surface area contributed by atoms with E-state index in [-0.39, 0.29) is 12.6 Å². The first-order valence-corrected chi connectivity index (χ1v) is 14.0. The molecule has 1 saturated heterocycles. The lowest BCUT2D eigenvalue weighted by Crippen LogP contribution is -2.43. The standard InChI is InChI=1S/C20H33F3N4O.C8H7NO3/c1-2-3-4-5-6-7-8-9-24-16-18(27-10-12-28-13-11-27)17-14-25-19(26-15-17)20(21,22)23;10-8(11)6-4-12-7-5(6)2-1-3-9-7/h14-15,18,24H,2-13,16H2,1H3;1-3,6H,4H2,(H,10,11)/t18-;6-/m10/s1. The molecule has 2 aliphatic rings. The summed E-state index contributed by atoms with van der Waals surface area (Å²) in [6.45, 7) is 6.78. The van der Waals surface area contributed by atoms with Crippen molar-refractivity contribution >= 4 is 5.97 Å². The summed E-state index contributed by atoms with van der Waals surface area (Å²) >= 11 is 0. The average Bonchev–Trinajstić information content (AvgIpc) is 3.39. The van der Waals surface area contributed by atoms with Crippen LogP contribution in [0.5, 0.6) is 5.88 Å². The van der Waals surface area contributed by atoms with E-state index in [9.17, 15) is 18.0 Å². The van der Waals surface area contributed by atoms with E-state index in [1.807, 2.05) is 0 Å². The molecule has 2 aliphatic heterocycles. The number of carboxylic acid groups (broad SMARTS) is 1. The van der Waals surface area contributed by atoms with Gasteiger partial charge in [-0.1, -0.05) is 51.5 Å². The summed E-state index contributed by atoms with van der Waals surface area (Å²) in [4.78, 5) is 23.9. The van der Waals surface area contributed by atoms with Crippen LogP contribution in [0.15, 0.2) is 30.7 Å². The van der Waals surface area contributed by atoms with Crippen molar-refractivity contribution in [2.45, 2.75) is 70.0 Å². The molecule has 12 heteroatoms. The molecule has 40 heavy (non-hydrogen) atoms. The van der Waals surface area contributed by atoms with Crippen molar-refractivity contribution in [1.82, 2.24) is 25.2 Å². The SMILES string of the molecule is CCCCCCCCCNC[C@H](c1cnc(C(F)(F)F)nc1)N1CCOCC1.O=C(O)[C@H]1COc2ncccc21. The molecule has 2 aromatic heterocycles. The molecule has 222 valence electrons. The molecule has 4 heterocycles. The molecule has 0 unspecified atom stereocenters. The molecule has 4 rings (SSSR count). The minimum absolute atomic E-state index is 0.0456. The second-order valence-corrected chi connectivity index (χ2v) is 9.93. The summed E-state index contributed by atoms with van der Waals surface area (Å²) in [6, 6.07) is 3.40. The highest BCUT2D eigenvalue weighted by Crippen LogP contribution is 2.31. The minimum Gasteiger partial charge on any atom is -0.481 e. The Morgan fingerprint density at radius 1 is 1.10 bits per heavy atom. The number of halogens is 3. The Bertz CT molecular complexity index is 1020. The molecule has 0 amide bonds. The fourth-order valence-corrected chi connectivity index (χ4v) is 4.69. The Labute approximate surface area is 233 Å². The number of hydrogen-bond donors (Lipinski definition) is 2. The van der Waals surface area contributed by atoms with Gasteiger partial charge in [0.1, 0.15) is 12.5 Å². The van der Waals surface area contributed by atoms with Crippen molar-refractivity contribution in [2.24, 2.45) is 0 Å². The van der Waals surface area contributed by atoms with Gasteiger partial charge in [0.25, 0.3) is 0 Å². The maximum Gasteiger partial charge on any atom is 0.451 e. The maximum absolute atomic E-state index is 12.7. The third-order valence-electron chi connectivity index (χ3n) is 6.95. The minimum atomic E-state index is -4.51. The highest BCUT2D eigenvalue weighted by atomic mass is 19.4. The number of aromatic nitrogens is 3. The molecule has 0 aliphatic carbocycles. The molecule has 0 spiro atoms. The van der Waals surface area contributed by atoms with Gasteiger partial charge in [-0.05, 0) is 19.0 Å². The highest BCUT2D eigenvalue weighted by molar-refractivity contribution is 5.78. The number of carboxylic acids is 1. The zero-order valence-corrected chi connectivity index (χ0v) is 23.0. The van der Waals surface area contributed by atoms with E-state index in [0.29, 0.717) is 36.8 Å². The number of fused-ring (bicyclic) bond motifs is 1. The fourth-order valence-electron chi connectivity index (χ4n) is 4.69. The van der Waals surface area contributed by atoms with Gasteiger partial charge >= 0.3 is 12.1 Å². The van der Waals surface area contributed by atoms with Crippen LogP contribution in [0.4, 0.5) is 13.2 Å². The van der Waals surface area contributed by atoms with E-state index in [1.54, 1.807) is 18.3 Å². The molecule has 0 radical (unpaired) electrons. The average molecular weight is 568 g/mol. The van der Waals surface area contributed by atoms with E-state index < -0.39 is 23.9 Å². The van der Waals surface area contributed by atoms with Crippen LogP contribution in [-0.2, 0) is 15.7 Å². The van der Waals surface area contributed by atoms with E-state index in [4.69, 9.17) is 14.6 Å². The monoisotopic (exact) mass is 567 g/mol. The lowest BCUT2D eigenvalue weighted by Gasteiger charge is -2.34. The van der Waals surface area contributed by atoms with Crippen molar-refractivity contribution in [3.63, 3.8) is 0 Å². The normalized spacial score (nSPS) is 17.9. The van der Waals surface area contributed by atoms with E-state index in [2.05, 4.69) is 32.1 Å². The summed E-state index contributed by atoms with van der Waals surface area (Å²) in [7, 11) is 0. The predicted octanol–water partition coefficient (Wildman–Crippen LogP) is 4.85. The zero-order valence-electron chi connectivity index (χ0n) is 23.0. The topological polar surface area (TPSA) is 110 Å².